The van der Waals surface area contributed by atoms with Crippen molar-refractivity contribution in [3.63, 3.8) is 0 Å². The van der Waals surface area contributed by atoms with Gasteiger partial charge in [0.25, 0.3) is 0 Å². The largest absolute Gasteiger partial charge is 0.444 e. The van der Waals surface area contributed by atoms with Gasteiger partial charge < -0.3 is 14.8 Å². The van der Waals surface area contributed by atoms with Crippen molar-refractivity contribution in [1.82, 2.24) is 9.88 Å². The Morgan fingerprint density at radius 2 is 2.19 bits per heavy atom. The molecule has 1 aliphatic heterocycles. The van der Waals surface area contributed by atoms with Gasteiger partial charge in [0.2, 0.25) is 0 Å². The maximum atomic E-state index is 12.7. The van der Waals surface area contributed by atoms with Crippen LogP contribution < -0.4 is 5.32 Å². The minimum Gasteiger partial charge on any atom is -0.444 e. The molecule has 1 aliphatic rings. The van der Waals surface area contributed by atoms with Crippen LogP contribution in [0.4, 0.5) is 10.6 Å². The molecule has 1 fully saturated rings. The van der Waals surface area contributed by atoms with Gasteiger partial charge in [0.1, 0.15) is 23.2 Å². The summed E-state index contributed by atoms with van der Waals surface area (Å²) in [6, 6.07) is 3.26. The van der Waals surface area contributed by atoms with Crippen molar-refractivity contribution < 1.29 is 14.3 Å². The molecule has 1 amide bonds. The molecule has 1 N–H and O–H groups in total. The molecule has 0 radical (unpaired) electrons. The second kappa shape index (κ2) is 7.29. The Morgan fingerprint density at radius 3 is 2.73 bits per heavy atom. The minimum atomic E-state index is -0.796. The quantitative estimate of drug-likeness (QED) is 0.858. The third-order valence-corrected chi connectivity index (χ3v) is 4.26. The van der Waals surface area contributed by atoms with Gasteiger partial charge in [-0.05, 0) is 47.6 Å². The molecule has 2 atom stereocenters. The third-order valence-electron chi connectivity index (χ3n) is 3.97. The molecule has 0 spiro atoms. The van der Waals surface area contributed by atoms with E-state index in [4.69, 9.17) is 26.3 Å². The van der Waals surface area contributed by atoms with Gasteiger partial charge in [0.15, 0.2) is 0 Å². The van der Waals surface area contributed by atoms with Crippen LogP contribution in [-0.4, -0.2) is 46.0 Å². The number of halogens is 1. The Balaban J connectivity index is 2.17. The fourth-order valence-electron chi connectivity index (χ4n) is 2.95. The zero-order valence-corrected chi connectivity index (χ0v) is 16.7. The summed E-state index contributed by atoms with van der Waals surface area (Å²) in [5.74, 6) is 0.451. The Bertz CT molecular complexity index is 724. The van der Waals surface area contributed by atoms with E-state index < -0.39 is 17.4 Å². The Hall–Kier alpha value is -2.04. The molecule has 0 saturated carbocycles. The number of hydrogen-bond acceptors (Lipinski definition) is 6. The third kappa shape index (κ3) is 4.57. The summed E-state index contributed by atoms with van der Waals surface area (Å²) in [5, 5.41) is 12.4. The van der Waals surface area contributed by atoms with Gasteiger partial charge in [-0.1, -0.05) is 11.6 Å². The van der Waals surface area contributed by atoms with Crippen LogP contribution in [0.15, 0.2) is 12.3 Å². The summed E-state index contributed by atoms with van der Waals surface area (Å²) < 4.78 is 11.5. The molecule has 8 heteroatoms. The molecule has 1 aromatic heterocycles. The second-order valence-corrected chi connectivity index (χ2v) is 8.14. The highest BCUT2D eigenvalue weighted by Gasteiger charge is 2.49. The topological polar surface area (TPSA) is 87.5 Å². The van der Waals surface area contributed by atoms with Crippen LogP contribution in [0.3, 0.4) is 0 Å². The molecular weight excluding hydrogens is 356 g/mol. The number of rotatable bonds is 3. The summed E-state index contributed by atoms with van der Waals surface area (Å²) in [7, 11) is 0. The molecule has 7 nitrogen and oxygen atoms in total. The lowest BCUT2D eigenvalue weighted by Gasteiger charge is -2.35. The monoisotopic (exact) mass is 380 g/mol. The van der Waals surface area contributed by atoms with Crippen molar-refractivity contribution in [2.45, 2.75) is 65.0 Å². The standard InChI is InChI=1S/C18H25ClN4O3/c1-11-14(10-22-15-13(19)7-12(8-20)9-21-15)23(18(5,6)25-11)16(24)26-17(2,3)4/h7,9,11,14H,10H2,1-6H3,(H,21,22)/t11-,14+/m1/s1. The second-order valence-electron chi connectivity index (χ2n) is 7.73. The average molecular weight is 381 g/mol. The number of nitrogens with zero attached hydrogens (tertiary/aromatic N) is 3. The van der Waals surface area contributed by atoms with E-state index >= 15 is 0 Å². The van der Waals surface area contributed by atoms with Gasteiger partial charge in [0.05, 0.1) is 22.7 Å². The first-order valence-electron chi connectivity index (χ1n) is 8.44. The summed E-state index contributed by atoms with van der Waals surface area (Å²) in [5.41, 5.74) is -1.01. The van der Waals surface area contributed by atoms with Gasteiger partial charge in [-0.15, -0.1) is 0 Å². The van der Waals surface area contributed by atoms with E-state index in [1.54, 1.807) is 11.0 Å². The SMILES string of the molecule is C[C@H]1OC(C)(C)N(C(=O)OC(C)(C)C)[C@H]1CNc1ncc(C#N)cc1Cl. The summed E-state index contributed by atoms with van der Waals surface area (Å²) in [6.07, 6.45) is 0.804. The lowest BCUT2D eigenvalue weighted by atomic mass is 10.1. The van der Waals surface area contributed by atoms with Crippen molar-refractivity contribution in [1.29, 1.82) is 5.26 Å². The van der Waals surface area contributed by atoms with Crippen LogP contribution >= 0.6 is 11.6 Å². The smallest absolute Gasteiger partial charge is 0.412 e. The van der Waals surface area contributed by atoms with Crippen LogP contribution in [0, 0.1) is 11.3 Å². The summed E-state index contributed by atoms with van der Waals surface area (Å²) >= 11 is 6.16. The van der Waals surface area contributed by atoms with Crippen LogP contribution in [0.1, 0.15) is 47.1 Å². The summed E-state index contributed by atoms with van der Waals surface area (Å²) in [6.45, 7) is 11.4. The number of pyridine rings is 1. The zero-order valence-electron chi connectivity index (χ0n) is 16.0. The van der Waals surface area contributed by atoms with Crippen molar-refractivity contribution in [3.05, 3.63) is 22.8 Å². The van der Waals surface area contributed by atoms with E-state index in [0.29, 0.717) is 22.9 Å². The number of aromatic nitrogens is 1. The van der Waals surface area contributed by atoms with Crippen molar-refractivity contribution >= 4 is 23.5 Å². The maximum absolute atomic E-state index is 12.7. The first-order chi connectivity index (χ1) is 11.9. The number of ether oxygens (including phenoxy) is 2. The molecule has 26 heavy (non-hydrogen) atoms. The van der Waals surface area contributed by atoms with E-state index in [2.05, 4.69) is 10.3 Å². The van der Waals surface area contributed by atoms with Crippen LogP contribution in [-0.2, 0) is 9.47 Å². The van der Waals surface area contributed by atoms with Gasteiger partial charge in [0, 0.05) is 12.7 Å². The Kier molecular flexibility index (Phi) is 5.69. The summed E-state index contributed by atoms with van der Waals surface area (Å²) in [4.78, 5) is 18.5. The fraction of sp³-hybridized carbons (Fsp3) is 0.611. The average Bonchev–Trinajstić information content (AvgIpc) is 2.72. The van der Waals surface area contributed by atoms with Gasteiger partial charge in [-0.25, -0.2) is 9.78 Å². The molecule has 0 aliphatic carbocycles. The molecule has 0 aromatic carbocycles. The van der Waals surface area contributed by atoms with E-state index in [1.165, 1.54) is 6.20 Å². The zero-order chi connectivity index (χ0) is 19.7. The number of carbonyl (C=O) groups excluding carboxylic acids is 1. The number of carbonyl (C=O) groups is 1. The molecule has 0 unspecified atom stereocenters. The van der Waals surface area contributed by atoms with E-state index in [-0.39, 0.29) is 12.1 Å². The predicted molar refractivity (Wildman–Crippen MR) is 98.9 cm³/mol. The molecule has 1 aromatic rings. The minimum absolute atomic E-state index is 0.206. The van der Waals surface area contributed by atoms with Crippen molar-refractivity contribution in [3.8, 4) is 6.07 Å². The number of nitriles is 1. The molecule has 0 bridgehead atoms. The molecular formula is C18H25ClN4O3. The highest BCUT2D eigenvalue weighted by molar-refractivity contribution is 6.33. The highest BCUT2D eigenvalue weighted by Crippen LogP contribution is 2.34. The molecule has 142 valence electrons. The van der Waals surface area contributed by atoms with Crippen LogP contribution in [0.25, 0.3) is 0 Å². The predicted octanol–water partition coefficient (Wildman–Crippen LogP) is 3.78. The number of anilines is 1. The number of hydrogen-bond donors (Lipinski definition) is 1. The fourth-order valence-corrected chi connectivity index (χ4v) is 3.19. The number of nitrogens with one attached hydrogen (secondary N) is 1. The maximum Gasteiger partial charge on any atom is 0.412 e. The van der Waals surface area contributed by atoms with E-state index in [9.17, 15) is 4.79 Å². The van der Waals surface area contributed by atoms with Crippen LogP contribution in [0.5, 0.6) is 0 Å². The highest BCUT2D eigenvalue weighted by atomic mass is 35.5. The van der Waals surface area contributed by atoms with Crippen molar-refractivity contribution in [2.24, 2.45) is 0 Å². The Labute approximate surface area is 159 Å². The van der Waals surface area contributed by atoms with Gasteiger partial charge >= 0.3 is 6.09 Å². The lowest BCUT2D eigenvalue weighted by Crippen LogP contribution is -2.52. The normalized spacial score (nSPS) is 22.0. The molecule has 2 heterocycles. The molecule has 1 saturated heterocycles. The van der Waals surface area contributed by atoms with Gasteiger partial charge in [-0.2, -0.15) is 5.26 Å². The van der Waals surface area contributed by atoms with E-state index in [0.717, 1.165) is 0 Å². The number of amides is 1. The van der Waals surface area contributed by atoms with Crippen molar-refractivity contribution in [2.75, 3.05) is 11.9 Å². The first kappa shape index (κ1) is 20.3. The van der Waals surface area contributed by atoms with E-state index in [1.807, 2.05) is 47.6 Å². The first-order valence-corrected chi connectivity index (χ1v) is 8.82. The van der Waals surface area contributed by atoms with Gasteiger partial charge in [-0.3, -0.25) is 4.90 Å². The van der Waals surface area contributed by atoms with Crippen LogP contribution in [0.2, 0.25) is 5.02 Å². The Morgan fingerprint density at radius 1 is 1.54 bits per heavy atom. The lowest BCUT2D eigenvalue weighted by molar-refractivity contribution is -0.0755. The molecule has 2 rings (SSSR count).